The molecular formula is C15H14N2O2. The van der Waals surface area contributed by atoms with Crippen molar-refractivity contribution in [1.29, 1.82) is 0 Å². The van der Waals surface area contributed by atoms with Gasteiger partial charge in [-0.1, -0.05) is 36.4 Å². The number of nitrogens with zero attached hydrogens (tertiary/aromatic N) is 1. The lowest BCUT2D eigenvalue weighted by Crippen LogP contribution is -2.39. The molecule has 3 amide bonds. The summed E-state index contributed by atoms with van der Waals surface area (Å²) in [5, 5.41) is 2.29. The highest BCUT2D eigenvalue weighted by atomic mass is 16.2. The van der Waals surface area contributed by atoms with Crippen LogP contribution in [0, 0.1) is 0 Å². The van der Waals surface area contributed by atoms with Gasteiger partial charge >= 0.3 is 6.03 Å². The molecule has 0 saturated carbocycles. The first-order chi connectivity index (χ1) is 9.18. The summed E-state index contributed by atoms with van der Waals surface area (Å²) in [6.07, 6.45) is 0. The SMILES string of the molecule is CC(=O)NC(=O)N(c1ccccc1)c1ccccc1. The number of carbonyl (C=O) groups is 2. The van der Waals surface area contributed by atoms with Gasteiger partial charge in [0, 0.05) is 6.92 Å². The summed E-state index contributed by atoms with van der Waals surface area (Å²) >= 11 is 0. The molecule has 0 aliphatic carbocycles. The summed E-state index contributed by atoms with van der Waals surface area (Å²) in [4.78, 5) is 24.7. The summed E-state index contributed by atoms with van der Waals surface area (Å²) in [6.45, 7) is 1.31. The molecule has 0 spiro atoms. The van der Waals surface area contributed by atoms with Gasteiger partial charge in [-0.15, -0.1) is 0 Å². The maximum Gasteiger partial charge on any atom is 0.333 e. The van der Waals surface area contributed by atoms with Crippen molar-refractivity contribution in [3.05, 3.63) is 60.7 Å². The average molecular weight is 254 g/mol. The number of amides is 3. The van der Waals surface area contributed by atoms with Crippen LogP contribution in [0.4, 0.5) is 16.2 Å². The van der Waals surface area contributed by atoms with Crippen molar-refractivity contribution >= 4 is 23.3 Å². The quantitative estimate of drug-likeness (QED) is 0.895. The third kappa shape index (κ3) is 3.19. The van der Waals surface area contributed by atoms with Crippen molar-refractivity contribution in [2.45, 2.75) is 6.92 Å². The van der Waals surface area contributed by atoms with Crippen LogP contribution in [-0.4, -0.2) is 11.9 Å². The molecule has 0 heterocycles. The molecule has 19 heavy (non-hydrogen) atoms. The first-order valence-electron chi connectivity index (χ1n) is 5.90. The minimum Gasteiger partial charge on any atom is -0.278 e. The van der Waals surface area contributed by atoms with Crippen molar-refractivity contribution in [3.63, 3.8) is 0 Å². The summed E-state index contributed by atoms with van der Waals surface area (Å²) < 4.78 is 0. The number of rotatable bonds is 2. The van der Waals surface area contributed by atoms with Gasteiger partial charge in [0.05, 0.1) is 11.4 Å². The molecule has 0 unspecified atom stereocenters. The monoisotopic (exact) mass is 254 g/mol. The van der Waals surface area contributed by atoms with E-state index in [1.165, 1.54) is 11.8 Å². The average Bonchev–Trinajstić information content (AvgIpc) is 2.40. The molecule has 0 fully saturated rings. The minimum atomic E-state index is -0.468. The Kier molecular flexibility index (Phi) is 3.93. The van der Waals surface area contributed by atoms with Gasteiger partial charge in [0.15, 0.2) is 0 Å². The predicted molar refractivity (Wildman–Crippen MR) is 74.2 cm³/mol. The fourth-order valence-corrected chi connectivity index (χ4v) is 1.74. The van der Waals surface area contributed by atoms with Crippen LogP contribution in [0.25, 0.3) is 0 Å². The van der Waals surface area contributed by atoms with E-state index in [0.717, 1.165) is 0 Å². The number of carbonyl (C=O) groups excluding carboxylic acids is 2. The minimum absolute atomic E-state index is 0.387. The second kappa shape index (κ2) is 5.82. The second-order valence-electron chi connectivity index (χ2n) is 3.99. The summed E-state index contributed by atoms with van der Waals surface area (Å²) in [7, 11) is 0. The molecule has 96 valence electrons. The zero-order chi connectivity index (χ0) is 13.7. The van der Waals surface area contributed by atoms with Crippen LogP contribution in [0.15, 0.2) is 60.7 Å². The molecule has 0 aliphatic heterocycles. The molecule has 4 heteroatoms. The van der Waals surface area contributed by atoms with Gasteiger partial charge in [0.2, 0.25) is 5.91 Å². The fourth-order valence-electron chi connectivity index (χ4n) is 1.74. The fraction of sp³-hybridized carbons (Fsp3) is 0.0667. The zero-order valence-electron chi connectivity index (χ0n) is 10.5. The van der Waals surface area contributed by atoms with E-state index in [4.69, 9.17) is 0 Å². The number of hydrogen-bond acceptors (Lipinski definition) is 2. The predicted octanol–water partition coefficient (Wildman–Crippen LogP) is 3.08. The van der Waals surface area contributed by atoms with E-state index in [2.05, 4.69) is 5.32 Å². The molecular weight excluding hydrogens is 240 g/mol. The maximum absolute atomic E-state index is 12.1. The van der Waals surface area contributed by atoms with Crippen LogP contribution in [-0.2, 0) is 4.79 Å². The normalized spacial score (nSPS) is 9.74. The Morgan fingerprint density at radius 2 is 1.26 bits per heavy atom. The van der Waals surface area contributed by atoms with Crippen LogP contribution in [0.5, 0.6) is 0 Å². The molecule has 4 nitrogen and oxygen atoms in total. The van der Waals surface area contributed by atoms with Gasteiger partial charge in [-0.05, 0) is 24.3 Å². The first kappa shape index (κ1) is 12.8. The van der Waals surface area contributed by atoms with Crippen LogP contribution < -0.4 is 10.2 Å². The molecule has 2 aromatic carbocycles. The lowest BCUT2D eigenvalue weighted by atomic mass is 10.2. The number of para-hydroxylation sites is 2. The van der Waals surface area contributed by atoms with Crippen LogP contribution in [0.2, 0.25) is 0 Å². The van der Waals surface area contributed by atoms with E-state index < -0.39 is 6.03 Å². The maximum atomic E-state index is 12.1. The number of hydrogen-bond donors (Lipinski definition) is 1. The molecule has 0 bridgehead atoms. The Hall–Kier alpha value is -2.62. The van der Waals surface area contributed by atoms with Gasteiger partial charge < -0.3 is 0 Å². The number of nitrogens with one attached hydrogen (secondary N) is 1. The standard InChI is InChI=1S/C15H14N2O2/c1-12(18)16-15(19)17(13-8-4-2-5-9-13)14-10-6-3-7-11-14/h2-11H,1H3,(H,16,18,19). The molecule has 0 atom stereocenters. The summed E-state index contributed by atoms with van der Waals surface area (Å²) in [5.74, 6) is -0.387. The number of urea groups is 1. The van der Waals surface area contributed by atoms with E-state index in [1.54, 1.807) is 0 Å². The Labute approximate surface area is 111 Å². The largest absolute Gasteiger partial charge is 0.333 e. The molecule has 2 rings (SSSR count). The Bertz CT molecular complexity index is 528. The Balaban J connectivity index is 2.40. The van der Waals surface area contributed by atoms with E-state index in [0.29, 0.717) is 11.4 Å². The highest BCUT2D eigenvalue weighted by Gasteiger charge is 2.18. The van der Waals surface area contributed by atoms with Crippen molar-refractivity contribution in [1.82, 2.24) is 5.32 Å². The van der Waals surface area contributed by atoms with Crippen molar-refractivity contribution in [2.75, 3.05) is 4.90 Å². The van der Waals surface area contributed by atoms with Gasteiger partial charge in [-0.3, -0.25) is 15.0 Å². The van der Waals surface area contributed by atoms with Crippen molar-refractivity contribution < 1.29 is 9.59 Å². The first-order valence-corrected chi connectivity index (χ1v) is 5.90. The zero-order valence-corrected chi connectivity index (χ0v) is 10.5. The molecule has 0 saturated heterocycles. The second-order valence-corrected chi connectivity index (χ2v) is 3.99. The lowest BCUT2D eigenvalue weighted by molar-refractivity contribution is -0.117. The van der Waals surface area contributed by atoms with E-state index in [-0.39, 0.29) is 5.91 Å². The number of anilines is 2. The summed E-state index contributed by atoms with van der Waals surface area (Å²) in [5.41, 5.74) is 1.40. The number of imide groups is 1. The Morgan fingerprint density at radius 1 is 0.842 bits per heavy atom. The van der Waals surface area contributed by atoms with E-state index in [9.17, 15) is 9.59 Å². The highest BCUT2D eigenvalue weighted by Crippen LogP contribution is 2.24. The van der Waals surface area contributed by atoms with Gasteiger partial charge in [-0.2, -0.15) is 0 Å². The smallest absolute Gasteiger partial charge is 0.278 e. The van der Waals surface area contributed by atoms with Crippen LogP contribution >= 0.6 is 0 Å². The number of benzene rings is 2. The van der Waals surface area contributed by atoms with Crippen molar-refractivity contribution in [3.8, 4) is 0 Å². The molecule has 2 aromatic rings. The van der Waals surface area contributed by atoms with E-state index in [1.807, 2.05) is 60.7 Å². The molecule has 1 N–H and O–H groups in total. The van der Waals surface area contributed by atoms with Gasteiger partial charge in [-0.25, -0.2) is 4.79 Å². The summed E-state index contributed by atoms with van der Waals surface area (Å²) in [6, 6.07) is 17.9. The van der Waals surface area contributed by atoms with Crippen LogP contribution in [0.1, 0.15) is 6.92 Å². The van der Waals surface area contributed by atoms with Gasteiger partial charge in [0.1, 0.15) is 0 Å². The highest BCUT2D eigenvalue weighted by molar-refractivity contribution is 6.06. The van der Waals surface area contributed by atoms with E-state index >= 15 is 0 Å². The molecule has 0 aromatic heterocycles. The third-order valence-corrected chi connectivity index (χ3v) is 2.51. The molecule has 0 aliphatic rings. The lowest BCUT2D eigenvalue weighted by Gasteiger charge is -2.22. The van der Waals surface area contributed by atoms with Gasteiger partial charge in [0.25, 0.3) is 0 Å². The van der Waals surface area contributed by atoms with Crippen LogP contribution in [0.3, 0.4) is 0 Å². The molecule has 0 radical (unpaired) electrons. The topological polar surface area (TPSA) is 49.4 Å². The third-order valence-electron chi connectivity index (χ3n) is 2.51. The Morgan fingerprint density at radius 3 is 1.63 bits per heavy atom. The van der Waals surface area contributed by atoms with Crippen molar-refractivity contribution in [2.24, 2.45) is 0 Å².